The Balaban J connectivity index is 1.41. The second-order valence-electron chi connectivity index (χ2n) is 6.02. The van der Waals surface area contributed by atoms with Gasteiger partial charge in [-0.1, -0.05) is 37.5 Å². The molecule has 3 nitrogen and oxygen atoms in total. The van der Waals surface area contributed by atoms with E-state index >= 15 is 0 Å². The minimum atomic E-state index is 0.119. The number of carbonyl (C=O) groups excluding carboxylic acids is 1. The predicted molar refractivity (Wildman–Crippen MR) is 94.3 cm³/mol. The molecular weight excluding hydrogens is 292 g/mol. The van der Waals surface area contributed by atoms with Crippen LogP contribution in [0.5, 0.6) is 0 Å². The van der Waals surface area contributed by atoms with E-state index in [0.29, 0.717) is 6.42 Å². The first kappa shape index (κ1) is 15.5. The lowest BCUT2D eigenvalue weighted by Gasteiger charge is -2.20. The maximum Gasteiger partial charge on any atom is 0.224 e. The van der Waals surface area contributed by atoms with Gasteiger partial charge in [0.2, 0.25) is 5.91 Å². The maximum absolute atomic E-state index is 12.1. The van der Waals surface area contributed by atoms with Crippen molar-refractivity contribution < 1.29 is 4.79 Å². The molecule has 4 heteroatoms. The van der Waals surface area contributed by atoms with Gasteiger partial charge in [0.1, 0.15) is 0 Å². The molecule has 0 radical (unpaired) electrons. The normalized spacial score (nSPS) is 16.0. The molecule has 1 aliphatic carbocycles. The van der Waals surface area contributed by atoms with Crippen LogP contribution in [0.15, 0.2) is 30.5 Å². The molecular formula is C18H24N2OS. The molecule has 0 aliphatic heterocycles. The van der Waals surface area contributed by atoms with Crippen molar-refractivity contribution in [1.82, 2.24) is 10.3 Å². The van der Waals surface area contributed by atoms with Crippen LogP contribution in [-0.2, 0) is 11.2 Å². The molecule has 1 fully saturated rings. The van der Waals surface area contributed by atoms with Gasteiger partial charge in [-0.15, -0.1) is 0 Å². The van der Waals surface area contributed by atoms with Crippen LogP contribution >= 0.6 is 11.8 Å². The number of aromatic nitrogens is 1. The lowest BCUT2D eigenvalue weighted by molar-refractivity contribution is -0.120. The van der Waals surface area contributed by atoms with E-state index in [9.17, 15) is 4.79 Å². The number of amides is 1. The number of thioether (sulfide) groups is 1. The summed E-state index contributed by atoms with van der Waals surface area (Å²) in [5.74, 6) is 1.15. The number of nitrogens with one attached hydrogen (secondary N) is 2. The number of H-pyrrole nitrogens is 1. The molecule has 2 N–H and O–H groups in total. The third-order valence-electron chi connectivity index (χ3n) is 4.36. The molecule has 0 unspecified atom stereocenters. The van der Waals surface area contributed by atoms with E-state index in [1.807, 2.05) is 36.2 Å². The van der Waals surface area contributed by atoms with Crippen LogP contribution in [0.3, 0.4) is 0 Å². The monoisotopic (exact) mass is 316 g/mol. The van der Waals surface area contributed by atoms with Gasteiger partial charge >= 0.3 is 0 Å². The molecule has 3 rings (SSSR count). The molecule has 1 aromatic carbocycles. The van der Waals surface area contributed by atoms with Crippen molar-refractivity contribution in [3.63, 3.8) is 0 Å². The van der Waals surface area contributed by atoms with E-state index in [1.165, 1.54) is 32.1 Å². The Hall–Kier alpha value is -1.42. The molecule has 118 valence electrons. The van der Waals surface area contributed by atoms with Crippen LogP contribution < -0.4 is 5.32 Å². The minimum absolute atomic E-state index is 0.119. The van der Waals surface area contributed by atoms with Gasteiger partial charge in [0.25, 0.3) is 0 Å². The zero-order valence-electron chi connectivity index (χ0n) is 12.9. The van der Waals surface area contributed by atoms with Gasteiger partial charge in [0, 0.05) is 34.6 Å². The molecule has 0 bridgehead atoms. The summed E-state index contributed by atoms with van der Waals surface area (Å²) in [6.07, 6.45) is 9.27. The number of hydrogen-bond donors (Lipinski definition) is 2. The molecule has 1 aliphatic rings. The molecule has 0 spiro atoms. The van der Waals surface area contributed by atoms with Gasteiger partial charge in [0.15, 0.2) is 0 Å². The Morgan fingerprint density at radius 3 is 2.91 bits per heavy atom. The standard InChI is InChI=1S/C18H24N2OS/c21-18(19-10-11-22-15-6-2-1-3-7-15)12-14-13-20-17-9-5-4-8-16(14)17/h4-5,8-9,13,15,20H,1-3,6-7,10-12H2,(H,19,21). The van der Waals surface area contributed by atoms with Gasteiger partial charge in [0.05, 0.1) is 6.42 Å². The fraction of sp³-hybridized carbons (Fsp3) is 0.500. The summed E-state index contributed by atoms with van der Waals surface area (Å²) >= 11 is 2.03. The summed E-state index contributed by atoms with van der Waals surface area (Å²) in [6, 6.07) is 8.12. The third kappa shape index (κ3) is 4.07. The van der Waals surface area contributed by atoms with Crippen molar-refractivity contribution in [2.75, 3.05) is 12.3 Å². The van der Waals surface area contributed by atoms with Crippen molar-refractivity contribution in [2.45, 2.75) is 43.8 Å². The van der Waals surface area contributed by atoms with E-state index in [2.05, 4.69) is 16.4 Å². The summed E-state index contributed by atoms with van der Waals surface area (Å²) in [5, 5.41) is 5.02. The summed E-state index contributed by atoms with van der Waals surface area (Å²) in [5.41, 5.74) is 2.17. The number of aromatic amines is 1. The van der Waals surface area contributed by atoms with Crippen molar-refractivity contribution >= 4 is 28.6 Å². The summed E-state index contributed by atoms with van der Waals surface area (Å²) in [6.45, 7) is 0.780. The third-order valence-corrected chi connectivity index (χ3v) is 5.74. The number of fused-ring (bicyclic) bond motifs is 1. The highest BCUT2D eigenvalue weighted by atomic mass is 32.2. The Labute approximate surface area is 136 Å². The number of benzene rings is 1. The molecule has 1 aromatic heterocycles. The van der Waals surface area contributed by atoms with Gasteiger partial charge in [-0.05, 0) is 24.5 Å². The van der Waals surface area contributed by atoms with Crippen LogP contribution in [0.4, 0.5) is 0 Å². The average molecular weight is 316 g/mol. The fourth-order valence-corrected chi connectivity index (χ4v) is 4.38. The number of hydrogen-bond acceptors (Lipinski definition) is 2. The van der Waals surface area contributed by atoms with Gasteiger partial charge in [-0.2, -0.15) is 11.8 Å². The Morgan fingerprint density at radius 1 is 1.23 bits per heavy atom. The van der Waals surface area contributed by atoms with Gasteiger partial charge < -0.3 is 10.3 Å². The van der Waals surface area contributed by atoms with Crippen LogP contribution in [0, 0.1) is 0 Å². The fourth-order valence-electron chi connectivity index (χ4n) is 3.16. The SMILES string of the molecule is O=C(Cc1c[nH]c2ccccc12)NCCSC1CCCCC1. The van der Waals surface area contributed by atoms with Gasteiger partial charge in [-0.3, -0.25) is 4.79 Å². The smallest absolute Gasteiger partial charge is 0.224 e. The van der Waals surface area contributed by atoms with Crippen LogP contribution in [0.1, 0.15) is 37.7 Å². The first-order valence-electron chi connectivity index (χ1n) is 8.26. The van der Waals surface area contributed by atoms with Crippen LogP contribution in [-0.4, -0.2) is 28.4 Å². The van der Waals surface area contributed by atoms with E-state index in [-0.39, 0.29) is 5.91 Å². The molecule has 2 aromatic rings. The van der Waals surface area contributed by atoms with Crippen molar-refractivity contribution in [2.24, 2.45) is 0 Å². The summed E-state index contributed by atoms with van der Waals surface area (Å²) in [4.78, 5) is 15.3. The summed E-state index contributed by atoms with van der Waals surface area (Å²) in [7, 11) is 0. The lowest BCUT2D eigenvalue weighted by atomic mass is 10.0. The molecule has 1 saturated carbocycles. The van der Waals surface area contributed by atoms with Gasteiger partial charge in [-0.25, -0.2) is 0 Å². The van der Waals surface area contributed by atoms with Crippen LogP contribution in [0.2, 0.25) is 0 Å². The average Bonchev–Trinajstić information content (AvgIpc) is 2.96. The van der Waals surface area contributed by atoms with Crippen LogP contribution in [0.25, 0.3) is 10.9 Å². The molecule has 0 saturated heterocycles. The highest BCUT2D eigenvalue weighted by Crippen LogP contribution is 2.27. The Kier molecular flexibility index (Phi) is 5.43. The Bertz CT molecular complexity index is 616. The lowest BCUT2D eigenvalue weighted by Crippen LogP contribution is -2.27. The topological polar surface area (TPSA) is 44.9 Å². The quantitative estimate of drug-likeness (QED) is 0.794. The van der Waals surface area contributed by atoms with E-state index in [4.69, 9.17) is 0 Å². The number of carbonyl (C=O) groups is 1. The second kappa shape index (κ2) is 7.73. The maximum atomic E-state index is 12.1. The molecule has 22 heavy (non-hydrogen) atoms. The van der Waals surface area contributed by atoms with E-state index in [0.717, 1.165) is 34.0 Å². The van der Waals surface area contributed by atoms with Crippen molar-refractivity contribution in [3.8, 4) is 0 Å². The highest BCUT2D eigenvalue weighted by Gasteiger charge is 2.13. The minimum Gasteiger partial charge on any atom is -0.361 e. The zero-order valence-corrected chi connectivity index (χ0v) is 13.8. The van der Waals surface area contributed by atoms with Crippen molar-refractivity contribution in [3.05, 3.63) is 36.0 Å². The largest absolute Gasteiger partial charge is 0.361 e. The molecule has 0 atom stereocenters. The predicted octanol–water partition coefficient (Wildman–Crippen LogP) is 3.89. The number of rotatable bonds is 6. The Morgan fingerprint density at radius 2 is 2.05 bits per heavy atom. The second-order valence-corrected chi connectivity index (χ2v) is 7.43. The van der Waals surface area contributed by atoms with E-state index in [1.54, 1.807) is 0 Å². The highest BCUT2D eigenvalue weighted by molar-refractivity contribution is 7.99. The summed E-state index contributed by atoms with van der Waals surface area (Å²) < 4.78 is 0. The number of para-hydroxylation sites is 1. The van der Waals surface area contributed by atoms with E-state index < -0.39 is 0 Å². The zero-order chi connectivity index (χ0) is 15.2. The first-order valence-corrected chi connectivity index (χ1v) is 9.31. The van der Waals surface area contributed by atoms with Crippen molar-refractivity contribution in [1.29, 1.82) is 0 Å². The molecule has 1 heterocycles. The first-order chi connectivity index (χ1) is 10.8. The molecule has 1 amide bonds.